The zero-order valence-corrected chi connectivity index (χ0v) is 16.8. The zero-order chi connectivity index (χ0) is 19.1. The fraction of sp³-hybridized carbons (Fsp3) is 0.700. The van der Waals surface area contributed by atoms with Crippen LogP contribution >= 0.6 is 0 Å². The molecule has 3 fully saturated rings. The lowest BCUT2D eigenvalue weighted by molar-refractivity contribution is 0.0599. The maximum Gasteiger partial charge on any atom is 0.243 e. The van der Waals surface area contributed by atoms with Crippen molar-refractivity contribution in [1.82, 2.24) is 9.21 Å². The Bertz CT molecular complexity index is 774. The van der Waals surface area contributed by atoms with Crippen molar-refractivity contribution in [3.8, 4) is 0 Å². The van der Waals surface area contributed by atoms with Crippen molar-refractivity contribution in [3.05, 3.63) is 29.8 Å². The predicted octanol–water partition coefficient (Wildman–Crippen LogP) is 1.62. The van der Waals surface area contributed by atoms with E-state index in [1.54, 1.807) is 16.4 Å². The number of sulfonamides is 1. The van der Waals surface area contributed by atoms with Gasteiger partial charge in [0.05, 0.1) is 23.7 Å². The van der Waals surface area contributed by atoms with Crippen molar-refractivity contribution >= 4 is 10.0 Å². The van der Waals surface area contributed by atoms with Crippen molar-refractivity contribution in [2.45, 2.75) is 49.7 Å². The van der Waals surface area contributed by atoms with Crippen LogP contribution in [0.15, 0.2) is 29.2 Å². The molecule has 0 bridgehead atoms. The van der Waals surface area contributed by atoms with E-state index >= 15 is 0 Å². The summed E-state index contributed by atoms with van der Waals surface area (Å²) >= 11 is 0. The number of hydrogen-bond donors (Lipinski definition) is 1. The Morgan fingerprint density at radius 3 is 2.63 bits per heavy atom. The summed E-state index contributed by atoms with van der Waals surface area (Å²) in [6.07, 6.45) is 3.57. The number of hydrogen-bond acceptors (Lipinski definition) is 5. The number of piperidine rings is 1. The highest BCUT2D eigenvalue weighted by molar-refractivity contribution is 7.89. The van der Waals surface area contributed by atoms with Crippen LogP contribution in [0.4, 0.5) is 0 Å². The summed E-state index contributed by atoms with van der Waals surface area (Å²) in [5.74, 6) is 0. The van der Waals surface area contributed by atoms with Crippen LogP contribution in [-0.4, -0.2) is 74.3 Å². The van der Waals surface area contributed by atoms with Gasteiger partial charge < -0.3 is 9.84 Å². The molecule has 0 aromatic heterocycles. The number of aliphatic hydroxyl groups is 1. The van der Waals surface area contributed by atoms with Crippen molar-refractivity contribution in [2.75, 3.05) is 39.3 Å². The fourth-order valence-electron chi connectivity index (χ4n) is 4.81. The topological polar surface area (TPSA) is 70.1 Å². The smallest absolute Gasteiger partial charge is 0.243 e. The molecule has 0 unspecified atom stereocenters. The highest BCUT2D eigenvalue weighted by Crippen LogP contribution is 2.43. The number of rotatable bonds is 4. The Morgan fingerprint density at radius 1 is 1.22 bits per heavy atom. The minimum Gasteiger partial charge on any atom is -0.392 e. The van der Waals surface area contributed by atoms with E-state index < -0.39 is 10.0 Å². The van der Waals surface area contributed by atoms with Gasteiger partial charge in [-0.3, -0.25) is 4.90 Å². The fourth-order valence-corrected chi connectivity index (χ4v) is 6.48. The van der Waals surface area contributed by atoms with E-state index in [0.717, 1.165) is 57.5 Å². The van der Waals surface area contributed by atoms with Crippen molar-refractivity contribution in [3.63, 3.8) is 0 Å². The molecule has 27 heavy (non-hydrogen) atoms. The number of aliphatic hydroxyl groups excluding tert-OH is 1. The minimum absolute atomic E-state index is 0.112. The molecule has 7 heteroatoms. The van der Waals surface area contributed by atoms with E-state index in [1.807, 2.05) is 19.1 Å². The first-order valence-corrected chi connectivity index (χ1v) is 11.4. The number of likely N-dealkylation sites (tertiary alicyclic amines) is 1. The number of ether oxygens (including phenoxy) is 1. The first-order chi connectivity index (χ1) is 12.9. The molecule has 3 aliphatic rings. The third kappa shape index (κ3) is 3.93. The highest BCUT2D eigenvalue weighted by Gasteiger charge is 2.45. The monoisotopic (exact) mass is 394 g/mol. The van der Waals surface area contributed by atoms with Crippen LogP contribution in [0.25, 0.3) is 0 Å². The van der Waals surface area contributed by atoms with E-state index in [1.165, 1.54) is 0 Å². The van der Waals surface area contributed by atoms with E-state index in [0.29, 0.717) is 18.0 Å². The van der Waals surface area contributed by atoms with Gasteiger partial charge in [-0.05, 0) is 49.7 Å². The summed E-state index contributed by atoms with van der Waals surface area (Å²) in [6, 6.07) is 7.21. The van der Waals surface area contributed by atoms with Crippen LogP contribution in [0.1, 0.15) is 31.2 Å². The summed E-state index contributed by atoms with van der Waals surface area (Å²) in [7, 11) is -3.42. The van der Waals surface area contributed by atoms with Crippen LogP contribution in [0.5, 0.6) is 0 Å². The normalized spacial score (nSPS) is 29.6. The molecule has 150 valence electrons. The molecule has 1 spiro atoms. The largest absolute Gasteiger partial charge is 0.392 e. The van der Waals surface area contributed by atoms with E-state index in [-0.39, 0.29) is 17.6 Å². The number of nitrogens with zero attached hydrogens (tertiary/aromatic N) is 2. The van der Waals surface area contributed by atoms with Gasteiger partial charge in [0, 0.05) is 32.7 Å². The molecule has 1 N–H and O–H groups in total. The summed E-state index contributed by atoms with van der Waals surface area (Å²) in [5.41, 5.74) is 0.913. The van der Waals surface area contributed by atoms with Gasteiger partial charge >= 0.3 is 0 Å². The second-order valence-electron chi connectivity index (χ2n) is 8.51. The standard InChI is InChI=1S/C20H30N2O4S/c1-16-4-2-3-5-19(16)27(24,25)22-10-7-20(8-11-22)12-18(26-15-20)14-21-9-6-17(23)13-21/h2-5,17-18,23H,6-15H2,1H3/t17-,18-/m0/s1. The Hall–Kier alpha value is -0.990. The first-order valence-electron chi connectivity index (χ1n) is 9.96. The summed E-state index contributed by atoms with van der Waals surface area (Å²) in [5, 5.41) is 9.69. The molecule has 6 nitrogen and oxygen atoms in total. The third-order valence-corrected chi connectivity index (χ3v) is 8.55. The SMILES string of the molecule is Cc1ccccc1S(=O)(=O)N1CCC2(CC1)CO[C@H](CN1CC[C@H](O)C1)C2. The molecule has 3 saturated heterocycles. The second kappa shape index (κ2) is 7.44. The molecule has 0 aliphatic carbocycles. The van der Waals surface area contributed by atoms with Crippen LogP contribution in [-0.2, 0) is 14.8 Å². The number of benzene rings is 1. The molecule has 3 aliphatic heterocycles. The van der Waals surface area contributed by atoms with Gasteiger partial charge in [0.15, 0.2) is 0 Å². The molecule has 4 rings (SSSR count). The zero-order valence-electron chi connectivity index (χ0n) is 16.0. The summed E-state index contributed by atoms with van der Waals surface area (Å²) < 4.78 is 33.7. The Morgan fingerprint density at radius 2 is 1.96 bits per heavy atom. The van der Waals surface area contributed by atoms with E-state index in [9.17, 15) is 13.5 Å². The average molecular weight is 395 g/mol. The number of aryl methyl sites for hydroxylation is 1. The molecule has 0 amide bonds. The summed E-state index contributed by atoms with van der Waals surface area (Å²) in [6.45, 7) is 6.27. The van der Waals surface area contributed by atoms with Crippen molar-refractivity contribution in [1.29, 1.82) is 0 Å². The second-order valence-corrected chi connectivity index (χ2v) is 10.4. The van der Waals surface area contributed by atoms with Gasteiger partial charge in [-0.15, -0.1) is 0 Å². The molecule has 1 aromatic carbocycles. The van der Waals surface area contributed by atoms with Gasteiger partial charge in [0.2, 0.25) is 10.0 Å². The third-order valence-electron chi connectivity index (χ3n) is 6.49. The maximum absolute atomic E-state index is 13.0. The highest BCUT2D eigenvalue weighted by atomic mass is 32.2. The van der Waals surface area contributed by atoms with Crippen LogP contribution < -0.4 is 0 Å². The molecular weight excluding hydrogens is 364 g/mol. The quantitative estimate of drug-likeness (QED) is 0.840. The van der Waals surface area contributed by atoms with Gasteiger partial charge in [0.1, 0.15) is 0 Å². The molecule has 0 saturated carbocycles. The first kappa shape index (κ1) is 19.3. The average Bonchev–Trinajstić information content (AvgIpc) is 3.22. The van der Waals surface area contributed by atoms with Gasteiger partial charge in [0.25, 0.3) is 0 Å². The van der Waals surface area contributed by atoms with Crippen LogP contribution in [0.2, 0.25) is 0 Å². The van der Waals surface area contributed by atoms with Crippen LogP contribution in [0, 0.1) is 12.3 Å². The lowest BCUT2D eigenvalue weighted by atomic mass is 9.77. The molecule has 1 aromatic rings. The Kier molecular flexibility index (Phi) is 5.33. The van der Waals surface area contributed by atoms with E-state index in [2.05, 4.69) is 4.90 Å². The lowest BCUT2D eigenvalue weighted by Gasteiger charge is -2.38. The lowest BCUT2D eigenvalue weighted by Crippen LogP contribution is -2.43. The Labute approximate surface area is 162 Å². The van der Waals surface area contributed by atoms with Gasteiger partial charge in [-0.25, -0.2) is 8.42 Å². The predicted molar refractivity (Wildman–Crippen MR) is 103 cm³/mol. The van der Waals surface area contributed by atoms with Gasteiger partial charge in [-0.1, -0.05) is 18.2 Å². The van der Waals surface area contributed by atoms with Crippen molar-refractivity contribution in [2.24, 2.45) is 5.41 Å². The van der Waals surface area contributed by atoms with E-state index in [4.69, 9.17) is 4.74 Å². The van der Waals surface area contributed by atoms with Gasteiger partial charge in [-0.2, -0.15) is 4.31 Å². The molecular formula is C20H30N2O4S. The molecule has 0 radical (unpaired) electrons. The Balaban J connectivity index is 1.36. The van der Waals surface area contributed by atoms with Crippen molar-refractivity contribution < 1.29 is 18.3 Å². The maximum atomic E-state index is 13.0. The minimum atomic E-state index is -3.42. The molecule has 3 heterocycles. The summed E-state index contributed by atoms with van der Waals surface area (Å²) in [4.78, 5) is 2.71. The molecule has 2 atom stereocenters. The van der Waals surface area contributed by atoms with Crippen LogP contribution in [0.3, 0.4) is 0 Å². The number of β-amino-alcohol motifs (C(OH)–C–C–N with tert-alkyl or cyclic N) is 1.